The molecule has 1 amide bonds. The Hall–Kier alpha value is -2.41. The third kappa shape index (κ3) is 2.36. The number of fused-ring (bicyclic) bond motifs is 1. The standard InChI is InChI=1S/C14H15N5OS/c1-3-9-12(15)13(19(2)18-9)14(20)17-8-4-5-10-11(6-8)21-7-16-10/h4-7H,3,15H2,1-2H3,(H,17,20). The van der Waals surface area contributed by atoms with Crippen molar-refractivity contribution in [3.8, 4) is 0 Å². The van der Waals surface area contributed by atoms with Gasteiger partial charge in [-0.3, -0.25) is 9.48 Å². The van der Waals surface area contributed by atoms with Crippen LogP contribution in [0.5, 0.6) is 0 Å². The maximum Gasteiger partial charge on any atom is 0.276 e. The Morgan fingerprint density at radius 1 is 1.48 bits per heavy atom. The molecule has 0 atom stereocenters. The van der Waals surface area contributed by atoms with Crippen LogP contribution in [0.2, 0.25) is 0 Å². The molecule has 6 nitrogen and oxygen atoms in total. The third-order valence-corrected chi connectivity index (χ3v) is 4.09. The molecule has 0 fully saturated rings. The minimum atomic E-state index is -0.258. The summed E-state index contributed by atoms with van der Waals surface area (Å²) in [5, 5.41) is 7.11. The number of hydrogen-bond donors (Lipinski definition) is 2. The van der Waals surface area contributed by atoms with Crippen molar-refractivity contribution in [3.63, 3.8) is 0 Å². The number of nitrogen functional groups attached to an aromatic ring is 1. The van der Waals surface area contributed by atoms with Crippen molar-refractivity contribution in [2.24, 2.45) is 7.05 Å². The molecule has 0 unspecified atom stereocenters. The fraction of sp³-hybridized carbons (Fsp3) is 0.214. The van der Waals surface area contributed by atoms with E-state index in [1.807, 2.05) is 25.1 Å². The number of nitrogens with two attached hydrogens (primary N) is 1. The second kappa shape index (κ2) is 5.17. The molecule has 108 valence electrons. The van der Waals surface area contributed by atoms with E-state index in [1.165, 1.54) is 16.0 Å². The molecule has 2 aromatic heterocycles. The smallest absolute Gasteiger partial charge is 0.276 e. The van der Waals surface area contributed by atoms with E-state index in [4.69, 9.17) is 5.73 Å². The first-order valence-electron chi connectivity index (χ1n) is 6.56. The first kappa shape index (κ1) is 13.6. The molecule has 0 bridgehead atoms. The summed E-state index contributed by atoms with van der Waals surface area (Å²) in [7, 11) is 1.72. The molecule has 0 aliphatic heterocycles. The molecule has 3 rings (SSSR count). The van der Waals surface area contributed by atoms with Gasteiger partial charge in [-0.2, -0.15) is 5.10 Å². The zero-order valence-electron chi connectivity index (χ0n) is 11.8. The number of carbonyl (C=O) groups excluding carboxylic acids is 1. The molecule has 0 aliphatic carbocycles. The van der Waals surface area contributed by atoms with Crippen molar-refractivity contribution in [2.75, 3.05) is 11.1 Å². The zero-order chi connectivity index (χ0) is 15.0. The van der Waals surface area contributed by atoms with E-state index < -0.39 is 0 Å². The van der Waals surface area contributed by atoms with Crippen LogP contribution < -0.4 is 11.1 Å². The summed E-state index contributed by atoms with van der Waals surface area (Å²) in [4.78, 5) is 16.6. The quantitative estimate of drug-likeness (QED) is 0.778. The summed E-state index contributed by atoms with van der Waals surface area (Å²) >= 11 is 1.53. The zero-order valence-corrected chi connectivity index (χ0v) is 12.6. The number of aryl methyl sites for hydroxylation is 2. The van der Waals surface area contributed by atoms with E-state index in [1.54, 1.807) is 12.6 Å². The van der Waals surface area contributed by atoms with Gasteiger partial charge in [-0.25, -0.2) is 4.98 Å². The first-order chi connectivity index (χ1) is 10.1. The fourth-order valence-corrected chi connectivity index (χ4v) is 2.97. The average molecular weight is 301 g/mol. The average Bonchev–Trinajstić information content (AvgIpc) is 3.02. The lowest BCUT2D eigenvalue weighted by Gasteiger charge is -2.06. The Bertz CT molecular complexity index is 820. The van der Waals surface area contributed by atoms with E-state index in [0.29, 0.717) is 17.8 Å². The molecule has 3 aromatic rings. The number of thiazole rings is 1. The molecule has 0 aliphatic rings. The van der Waals surface area contributed by atoms with Gasteiger partial charge in [-0.1, -0.05) is 6.92 Å². The van der Waals surface area contributed by atoms with E-state index in [-0.39, 0.29) is 5.91 Å². The number of rotatable bonds is 3. The van der Waals surface area contributed by atoms with Gasteiger partial charge in [0.05, 0.1) is 27.1 Å². The van der Waals surface area contributed by atoms with Gasteiger partial charge in [0, 0.05) is 12.7 Å². The monoisotopic (exact) mass is 301 g/mol. The van der Waals surface area contributed by atoms with Gasteiger partial charge in [-0.05, 0) is 24.6 Å². The third-order valence-electron chi connectivity index (χ3n) is 3.30. The molecule has 0 saturated carbocycles. The van der Waals surface area contributed by atoms with Crippen molar-refractivity contribution in [1.29, 1.82) is 0 Å². The van der Waals surface area contributed by atoms with Crippen LogP contribution in [0.1, 0.15) is 23.1 Å². The highest BCUT2D eigenvalue weighted by molar-refractivity contribution is 7.16. The number of hydrogen-bond acceptors (Lipinski definition) is 5. The van der Waals surface area contributed by atoms with E-state index >= 15 is 0 Å². The summed E-state index contributed by atoms with van der Waals surface area (Å²) in [5.74, 6) is -0.258. The Labute approximate surface area is 125 Å². The maximum atomic E-state index is 12.4. The summed E-state index contributed by atoms with van der Waals surface area (Å²) in [6.07, 6.45) is 0.694. The Balaban J connectivity index is 1.90. The lowest BCUT2D eigenvalue weighted by Crippen LogP contribution is -2.17. The molecule has 7 heteroatoms. The second-order valence-corrected chi connectivity index (χ2v) is 5.56. The lowest BCUT2D eigenvalue weighted by molar-refractivity contribution is 0.101. The van der Waals surface area contributed by atoms with E-state index in [2.05, 4.69) is 15.4 Å². The van der Waals surface area contributed by atoms with Crippen LogP contribution in [0.4, 0.5) is 11.4 Å². The number of amides is 1. The van der Waals surface area contributed by atoms with Crippen molar-refractivity contribution in [2.45, 2.75) is 13.3 Å². The minimum Gasteiger partial charge on any atom is -0.395 e. The van der Waals surface area contributed by atoms with Gasteiger partial charge in [0.2, 0.25) is 0 Å². The van der Waals surface area contributed by atoms with Crippen LogP contribution >= 0.6 is 11.3 Å². The second-order valence-electron chi connectivity index (χ2n) is 4.68. The molecular formula is C14H15N5OS. The topological polar surface area (TPSA) is 85.8 Å². The largest absolute Gasteiger partial charge is 0.395 e. The highest BCUT2D eigenvalue weighted by Gasteiger charge is 2.19. The van der Waals surface area contributed by atoms with Crippen molar-refractivity contribution < 1.29 is 4.79 Å². The lowest BCUT2D eigenvalue weighted by atomic mass is 10.2. The molecule has 0 saturated heterocycles. The van der Waals surface area contributed by atoms with Crippen molar-refractivity contribution >= 4 is 38.8 Å². The van der Waals surface area contributed by atoms with Gasteiger partial charge in [0.25, 0.3) is 5.91 Å². The Kier molecular flexibility index (Phi) is 3.34. The van der Waals surface area contributed by atoms with Crippen LogP contribution in [0.25, 0.3) is 10.2 Å². The number of carbonyl (C=O) groups is 1. The first-order valence-corrected chi connectivity index (χ1v) is 7.44. The SMILES string of the molecule is CCc1nn(C)c(C(=O)Nc2ccc3ncsc3c2)c1N. The van der Waals surface area contributed by atoms with Gasteiger partial charge in [-0.15, -0.1) is 11.3 Å². The molecule has 3 N–H and O–H groups in total. The summed E-state index contributed by atoms with van der Waals surface area (Å²) < 4.78 is 2.55. The van der Waals surface area contributed by atoms with Gasteiger partial charge in [0.15, 0.2) is 0 Å². The van der Waals surface area contributed by atoms with Gasteiger partial charge >= 0.3 is 0 Å². The van der Waals surface area contributed by atoms with Crippen LogP contribution in [-0.4, -0.2) is 20.7 Å². The number of anilines is 2. The Morgan fingerprint density at radius 3 is 3.00 bits per heavy atom. The van der Waals surface area contributed by atoms with Gasteiger partial charge in [0.1, 0.15) is 5.69 Å². The highest BCUT2D eigenvalue weighted by atomic mass is 32.1. The maximum absolute atomic E-state index is 12.4. The van der Waals surface area contributed by atoms with E-state index in [9.17, 15) is 4.79 Å². The van der Waals surface area contributed by atoms with Crippen LogP contribution in [0, 0.1) is 0 Å². The van der Waals surface area contributed by atoms with E-state index in [0.717, 1.165) is 21.6 Å². The fourth-order valence-electron chi connectivity index (χ4n) is 2.25. The minimum absolute atomic E-state index is 0.258. The molecule has 0 radical (unpaired) electrons. The van der Waals surface area contributed by atoms with Crippen molar-refractivity contribution in [3.05, 3.63) is 35.1 Å². The predicted octanol–water partition coefficient (Wildman–Crippen LogP) is 2.43. The highest BCUT2D eigenvalue weighted by Crippen LogP contribution is 2.23. The Morgan fingerprint density at radius 2 is 2.29 bits per heavy atom. The number of benzene rings is 1. The summed E-state index contributed by atoms with van der Waals surface area (Å²) in [5.41, 5.74) is 11.0. The van der Waals surface area contributed by atoms with Crippen molar-refractivity contribution in [1.82, 2.24) is 14.8 Å². The summed E-state index contributed by atoms with van der Waals surface area (Å²) in [6.45, 7) is 1.96. The molecule has 21 heavy (non-hydrogen) atoms. The molecule has 2 heterocycles. The molecule has 0 spiro atoms. The normalized spacial score (nSPS) is 11.0. The van der Waals surface area contributed by atoms with Crippen LogP contribution in [0.15, 0.2) is 23.7 Å². The molecular weight excluding hydrogens is 286 g/mol. The predicted molar refractivity (Wildman–Crippen MR) is 84.6 cm³/mol. The number of aromatic nitrogens is 3. The molecule has 1 aromatic carbocycles. The summed E-state index contributed by atoms with van der Waals surface area (Å²) in [6, 6.07) is 5.61. The number of nitrogens with zero attached hydrogens (tertiary/aromatic N) is 3. The van der Waals surface area contributed by atoms with Crippen LogP contribution in [0.3, 0.4) is 0 Å². The van der Waals surface area contributed by atoms with Gasteiger partial charge < -0.3 is 11.1 Å². The number of nitrogens with one attached hydrogen (secondary N) is 1. The van der Waals surface area contributed by atoms with Crippen LogP contribution in [-0.2, 0) is 13.5 Å².